The zero-order valence-corrected chi connectivity index (χ0v) is 11.6. The molecule has 0 aliphatic heterocycles. The molecular formula is C12H27NSi. The van der Waals surface area contributed by atoms with Crippen molar-refractivity contribution in [2.24, 2.45) is 5.41 Å². The maximum Gasteiger partial charge on any atom is 0.0596 e. The van der Waals surface area contributed by atoms with Gasteiger partial charge in [-0.3, -0.25) is 0 Å². The van der Waals surface area contributed by atoms with E-state index in [1.165, 1.54) is 31.9 Å². The van der Waals surface area contributed by atoms with Gasteiger partial charge in [-0.05, 0) is 37.3 Å². The highest BCUT2D eigenvalue weighted by molar-refractivity contribution is 6.76. The lowest BCUT2D eigenvalue weighted by Gasteiger charge is -2.35. The van der Waals surface area contributed by atoms with Crippen molar-refractivity contribution < 1.29 is 0 Å². The molecule has 0 radical (unpaired) electrons. The average molecular weight is 213 g/mol. The van der Waals surface area contributed by atoms with Crippen LogP contribution in [0.15, 0.2) is 0 Å². The molecule has 0 atom stereocenters. The first kappa shape index (κ1) is 12.2. The Hall–Kier alpha value is 0.177. The largest absolute Gasteiger partial charge is 0.317 e. The Morgan fingerprint density at radius 2 is 1.64 bits per heavy atom. The third-order valence-corrected chi connectivity index (χ3v) is 4.53. The van der Waals surface area contributed by atoms with Gasteiger partial charge in [0, 0.05) is 6.04 Å². The van der Waals surface area contributed by atoms with Crippen molar-refractivity contribution in [1.29, 1.82) is 0 Å². The smallest absolute Gasteiger partial charge is 0.0596 e. The summed E-state index contributed by atoms with van der Waals surface area (Å²) in [7, 11) is -0.888. The number of nitrogens with one attached hydrogen (secondary N) is 1. The first-order chi connectivity index (χ1) is 6.29. The molecule has 1 saturated carbocycles. The molecule has 1 nitrogen and oxygen atoms in total. The summed E-state index contributed by atoms with van der Waals surface area (Å²) < 4.78 is 0. The van der Waals surface area contributed by atoms with Crippen molar-refractivity contribution in [2.45, 2.75) is 65.2 Å². The fourth-order valence-corrected chi connectivity index (χ4v) is 2.95. The van der Waals surface area contributed by atoms with Crippen LogP contribution < -0.4 is 5.32 Å². The van der Waals surface area contributed by atoms with Gasteiger partial charge >= 0.3 is 0 Å². The molecule has 0 saturated heterocycles. The number of hydrogen-bond donors (Lipinski definition) is 1. The normalized spacial score (nSPS) is 23.8. The van der Waals surface area contributed by atoms with Crippen molar-refractivity contribution in [2.75, 3.05) is 6.17 Å². The molecule has 0 aromatic rings. The van der Waals surface area contributed by atoms with Crippen LogP contribution in [0.3, 0.4) is 0 Å². The van der Waals surface area contributed by atoms with E-state index in [0.717, 1.165) is 6.04 Å². The van der Waals surface area contributed by atoms with Gasteiger partial charge in [0.1, 0.15) is 0 Å². The SMILES string of the molecule is CC1(C)CCC(NC[Si](C)(C)C)CC1. The quantitative estimate of drug-likeness (QED) is 0.708. The van der Waals surface area contributed by atoms with Gasteiger partial charge in [0.25, 0.3) is 0 Å². The lowest BCUT2D eigenvalue weighted by atomic mass is 9.76. The molecule has 1 aliphatic carbocycles. The zero-order chi connectivity index (χ0) is 10.8. The van der Waals surface area contributed by atoms with E-state index in [4.69, 9.17) is 0 Å². The fraction of sp³-hybridized carbons (Fsp3) is 1.00. The first-order valence-corrected chi connectivity index (χ1v) is 9.73. The van der Waals surface area contributed by atoms with Crippen molar-refractivity contribution in [1.82, 2.24) is 5.32 Å². The highest BCUT2D eigenvalue weighted by Gasteiger charge is 2.27. The molecule has 0 bridgehead atoms. The Morgan fingerprint density at radius 1 is 1.14 bits per heavy atom. The van der Waals surface area contributed by atoms with Gasteiger partial charge in [-0.1, -0.05) is 33.5 Å². The third kappa shape index (κ3) is 4.60. The van der Waals surface area contributed by atoms with E-state index in [9.17, 15) is 0 Å². The molecule has 0 unspecified atom stereocenters. The van der Waals surface area contributed by atoms with Crippen LogP contribution in [0, 0.1) is 5.41 Å². The van der Waals surface area contributed by atoms with Crippen LogP contribution in [0.2, 0.25) is 19.6 Å². The zero-order valence-electron chi connectivity index (χ0n) is 10.6. The number of rotatable bonds is 3. The maximum absolute atomic E-state index is 3.76. The van der Waals surface area contributed by atoms with E-state index in [0.29, 0.717) is 5.41 Å². The fourth-order valence-electron chi connectivity index (χ4n) is 2.05. The summed E-state index contributed by atoms with van der Waals surface area (Å²) in [5.41, 5.74) is 0.608. The van der Waals surface area contributed by atoms with Crippen LogP contribution in [-0.4, -0.2) is 20.3 Å². The summed E-state index contributed by atoms with van der Waals surface area (Å²) in [6.07, 6.45) is 6.86. The highest BCUT2D eigenvalue weighted by Crippen LogP contribution is 2.34. The predicted molar refractivity (Wildman–Crippen MR) is 67.4 cm³/mol. The average Bonchev–Trinajstić information content (AvgIpc) is 2.01. The molecule has 0 aromatic heterocycles. The molecule has 0 amide bonds. The highest BCUT2D eigenvalue weighted by atomic mass is 28.3. The molecule has 0 spiro atoms. The Bertz CT molecular complexity index is 171. The lowest BCUT2D eigenvalue weighted by Crippen LogP contribution is -2.44. The summed E-state index contributed by atoms with van der Waals surface area (Å²) in [4.78, 5) is 0. The molecular weight excluding hydrogens is 186 g/mol. The monoisotopic (exact) mass is 213 g/mol. The van der Waals surface area contributed by atoms with E-state index in [-0.39, 0.29) is 0 Å². The second kappa shape index (κ2) is 4.36. The van der Waals surface area contributed by atoms with Crippen molar-refractivity contribution in [3.8, 4) is 0 Å². The topological polar surface area (TPSA) is 12.0 Å². The molecule has 0 heterocycles. The van der Waals surface area contributed by atoms with Crippen LogP contribution in [-0.2, 0) is 0 Å². The summed E-state index contributed by atoms with van der Waals surface area (Å²) in [6.45, 7) is 12.1. The number of hydrogen-bond acceptors (Lipinski definition) is 1. The van der Waals surface area contributed by atoms with Gasteiger partial charge in [0.05, 0.1) is 8.07 Å². The Labute approximate surface area is 90.7 Å². The van der Waals surface area contributed by atoms with E-state index >= 15 is 0 Å². The van der Waals surface area contributed by atoms with Crippen LogP contribution in [0.1, 0.15) is 39.5 Å². The van der Waals surface area contributed by atoms with E-state index in [1.807, 2.05) is 0 Å². The molecule has 1 N–H and O–H groups in total. The Morgan fingerprint density at radius 3 is 2.07 bits per heavy atom. The van der Waals surface area contributed by atoms with Crippen LogP contribution >= 0.6 is 0 Å². The van der Waals surface area contributed by atoms with E-state index < -0.39 is 8.07 Å². The summed E-state index contributed by atoms with van der Waals surface area (Å²) in [6, 6.07) is 0.815. The van der Waals surface area contributed by atoms with E-state index in [2.05, 4.69) is 38.8 Å². The van der Waals surface area contributed by atoms with Crippen molar-refractivity contribution in [3.63, 3.8) is 0 Å². The molecule has 0 aromatic carbocycles. The van der Waals surface area contributed by atoms with Crippen LogP contribution in [0.5, 0.6) is 0 Å². The minimum atomic E-state index is -0.888. The van der Waals surface area contributed by atoms with E-state index in [1.54, 1.807) is 0 Å². The second-order valence-electron chi connectivity index (χ2n) is 6.88. The Balaban J connectivity index is 2.23. The molecule has 84 valence electrons. The van der Waals surface area contributed by atoms with Gasteiger partial charge < -0.3 is 5.32 Å². The lowest BCUT2D eigenvalue weighted by molar-refractivity contribution is 0.210. The van der Waals surface area contributed by atoms with Crippen LogP contribution in [0.25, 0.3) is 0 Å². The van der Waals surface area contributed by atoms with Crippen molar-refractivity contribution in [3.05, 3.63) is 0 Å². The first-order valence-electron chi connectivity index (χ1n) is 6.02. The van der Waals surface area contributed by atoms with Gasteiger partial charge in [-0.15, -0.1) is 0 Å². The second-order valence-corrected chi connectivity index (χ2v) is 12.4. The molecule has 1 rings (SSSR count). The summed E-state index contributed by atoms with van der Waals surface area (Å²) >= 11 is 0. The van der Waals surface area contributed by atoms with Gasteiger partial charge in [-0.2, -0.15) is 0 Å². The van der Waals surface area contributed by atoms with Gasteiger partial charge in [0.2, 0.25) is 0 Å². The minimum Gasteiger partial charge on any atom is -0.317 e. The summed E-state index contributed by atoms with van der Waals surface area (Å²) in [5.74, 6) is 0. The van der Waals surface area contributed by atoms with Crippen molar-refractivity contribution >= 4 is 8.07 Å². The predicted octanol–water partition coefficient (Wildman–Crippen LogP) is 3.42. The third-order valence-electron chi connectivity index (χ3n) is 3.26. The minimum absolute atomic E-state index is 0.608. The summed E-state index contributed by atoms with van der Waals surface area (Å²) in [5, 5.41) is 3.76. The Kier molecular flexibility index (Phi) is 3.81. The standard InChI is InChI=1S/C12H27NSi/c1-12(2)8-6-11(7-9-12)13-10-14(3,4)5/h11,13H,6-10H2,1-5H3. The maximum atomic E-state index is 3.76. The molecule has 2 heteroatoms. The molecule has 14 heavy (non-hydrogen) atoms. The molecule has 1 fully saturated rings. The molecule has 1 aliphatic rings. The van der Waals surface area contributed by atoms with Crippen LogP contribution in [0.4, 0.5) is 0 Å². The van der Waals surface area contributed by atoms with Gasteiger partial charge in [-0.25, -0.2) is 0 Å². The van der Waals surface area contributed by atoms with Gasteiger partial charge in [0.15, 0.2) is 0 Å².